The molecular formula is C13H18N2O2. The van der Waals surface area contributed by atoms with Crippen LogP contribution >= 0.6 is 0 Å². The highest BCUT2D eigenvalue weighted by molar-refractivity contribution is 5.94. The van der Waals surface area contributed by atoms with E-state index in [1.54, 1.807) is 18.2 Å². The second-order valence-corrected chi connectivity index (χ2v) is 4.39. The summed E-state index contributed by atoms with van der Waals surface area (Å²) in [6.45, 7) is 1.61. The van der Waals surface area contributed by atoms with E-state index in [0.717, 1.165) is 19.0 Å². The minimum atomic E-state index is -0.132. The Balaban J connectivity index is 1.65. The number of amides is 1. The number of nitrogens with one attached hydrogen (secondary N) is 2. The summed E-state index contributed by atoms with van der Waals surface area (Å²) in [5.41, 5.74) is 0.500. The Bertz CT molecular complexity index is 389. The molecule has 0 saturated heterocycles. The van der Waals surface area contributed by atoms with Gasteiger partial charge in [-0.3, -0.25) is 4.79 Å². The summed E-state index contributed by atoms with van der Waals surface area (Å²) in [5.74, 6) is -0.0135. The first-order valence-electron chi connectivity index (χ1n) is 6.06. The predicted molar refractivity (Wildman–Crippen MR) is 66.1 cm³/mol. The normalized spacial score (nSPS) is 14.6. The van der Waals surface area contributed by atoms with Crippen molar-refractivity contribution in [1.29, 1.82) is 0 Å². The van der Waals surface area contributed by atoms with Crippen molar-refractivity contribution in [3.63, 3.8) is 0 Å². The van der Waals surface area contributed by atoms with E-state index in [2.05, 4.69) is 10.6 Å². The lowest BCUT2D eigenvalue weighted by molar-refractivity contribution is 0.0953. The van der Waals surface area contributed by atoms with Gasteiger partial charge in [0.15, 0.2) is 0 Å². The maximum Gasteiger partial charge on any atom is 0.251 e. The molecule has 92 valence electrons. The highest BCUT2D eigenvalue weighted by Gasteiger charge is 2.19. The quantitative estimate of drug-likeness (QED) is 0.649. The van der Waals surface area contributed by atoms with Crippen molar-refractivity contribution in [2.75, 3.05) is 13.1 Å². The van der Waals surface area contributed by atoms with Crippen LogP contribution in [0.2, 0.25) is 0 Å². The molecular weight excluding hydrogens is 216 g/mol. The maximum absolute atomic E-state index is 11.7. The smallest absolute Gasteiger partial charge is 0.251 e. The number of carbonyl (C=O) groups excluding carboxylic acids is 1. The van der Waals surface area contributed by atoms with Gasteiger partial charge in [-0.05, 0) is 44.0 Å². The van der Waals surface area contributed by atoms with E-state index >= 15 is 0 Å². The summed E-state index contributed by atoms with van der Waals surface area (Å²) in [6.07, 6.45) is 3.51. The van der Waals surface area contributed by atoms with E-state index in [4.69, 9.17) is 0 Å². The lowest BCUT2D eigenvalue weighted by Gasteiger charge is -2.06. The molecule has 0 atom stereocenters. The zero-order valence-corrected chi connectivity index (χ0v) is 9.78. The number of hydrogen-bond acceptors (Lipinski definition) is 3. The third-order valence-corrected chi connectivity index (χ3v) is 2.76. The third-order valence-electron chi connectivity index (χ3n) is 2.76. The average molecular weight is 234 g/mol. The van der Waals surface area contributed by atoms with Gasteiger partial charge in [0.2, 0.25) is 0 Å². The average Bonchev–Trinajstić information content (AvgIpc) is 3.12. The fourth-order valence-corrected chi connectivity index (χ4v) is 1.63. The van der Waals surface area contributed by atoms with Crippen LogP contribution in [-0.4, -0.2) is 30.1 Å². The molecule has 1 aromatic rings. The fourth-order valence-electron chi connectivity index (χ4n) is 1.63. The minimum absolute atomic E-state index is 0.119. The van der Waals surface area contributed by atoms with Gasteiger partial charge in [0, 0.05) is 18.2 Å². The molecule has 1 amide bonds. The van der Waals surface area contributed by atoms with Crippen LogP contribution in [0.4, 0.5) is 0 Å². The molecule has 1 aliphatic carbocycles. The van der Waals surface area contributed by atoms with Crippen molar-refractivity contribution in [2.45, 2.75) is 25.3 Å². The van der Waals surface area contributed by atoms with Gasteiger partial charge in [0.25, 0.3) is 5.91 Å². The molecule has 0 heterocycles. The molecule has 17 heavy (non-hydrogen) atoms. The van der Waals surface area contributed by atoms with Crippen LogP contribution in [0, 0.1) is 0 Å². The Labute approximate surface area is 101 Å². The molecule has 3 N–H and O–H groups in total. The van der Waals surface area contributed by atoms with E-state index in [1.165, 1.54) is 18.9 Å². The van der Waals surface area contributed by atoms with Crippen LogP contribution < -0.4 is 10.6 Å². The third kappa shape index (κ3) is 4.07. The Kier molecular flexibility index (Phi) is 3.98. The number of rotatable bonds is 6. The Morgan fingerprint density at radius 3 is 2.88 bits per heavy atom. The molecule has 0 aliphatic heterocycles. The van der Waals surface area contributed by atoms with Gasteiger partial charge in [-0.2, -0.15) is 0 Å². The van der Waals surface area contributed by atoms with Crippen molar-refractivity contribution in [1.82, 2.24) is 10.6 Å². The van der Waals surface area contributed by atoms with Gasteiger partial charge >= 0.3 is 0 Å². The van der Waals surface area contributed by atoms with Gasteiger partial charge < -0.3 is 15.7 Å². The summed E-state index contributed by atoms with van der Waals surface area (Å²) in [5, 5.41) is 15.5. The molecule has 1 fully saturated rings. The minimum Gasteiger partial charge on any atom is -0.508 e. The number of aromatic hydroxyl groups is 1. The van der Waals surface area contributed by atoms with E-state index < -0.39 is 0 Å². The molecule has 0 aromatic heterocycles. The Morgan fingerprint density at radius 1 is 1.35 bits per heavy atom. The summed E-state index contributed by atoms with van der Waals surface area (Å²) >= 11 is 0. The fraction of sp³-hybridized carbons (Fsp3) is 0.462. The van der Waals surface area contributed by atoms with Gasteiger partial charge in [-0.25, -0.2) is 0 Å². The molecule has 4 nitrogen and oxygen atoms in total. The van der Waals surface area contributed by atoms with Crippen LogP contribution in [0.1, 0.15) is 29.6 Å². The van der Waals surface area contributed by atoms with Gasteiger partial charge in [-0.1, -0.05) is 6.07 Å². The number of hydrogen-bond donors (Lipinski definition) is 3. The molecule has 2 rings (SSSR count). The first-order chi connectivity index (χ1) is 8.25. The van der Waals surface area contributed by atoms with Crippen molar-refractivity contribution in [3.8, 4) is 5.75 Å². The van der Waals surface area contributed by atoms with E-state index in [1.807, 2.05) is 0 Å². The lowest BCUT2D eigenvalue weighted by Crippen LogP contribution is -2.27. The highest BCUT2D eigenvalue weighted by atomic mass is 16.3. The maximum atomic E-state index is 11.7. The first-order valence-corrected chi connectivity index (χ1v) is 6.06. The predicted octanol–water partition coefficient (Wildman–Crippen LogP) is 1.26. The first kappa shape index (κ1) is 11.9. The summed E-state index contributed by atoms with van der Waals surface area (Å²) in [6, 6.07) is 7.10. The Morgan fingerprint density at radius 2 is 2.18 bits per heavy atom. The SMILES string of the molecule is O=C(NCCCNC1CC1)c1cccc(O)c1. The molecule has 4 heteroatoms. The van der Waals surface area contributed by atoms with E-state index in [9.17, 15) is 9.90 Å². The largest absolute Gasteiger partial charge is 0.508 e. The van der Waals surface area contributed by atoms with Crippen molar-refractivity contribution in [2.24, 2.45) is 0 Å². The van der Waals surface area contributed by atoms with Crippen LogP contribution in [0.5, 0.6) is 5.75 Å². The van der Waals surface area contributed by atoms with Crippen molar-refractivity contribution in [3.05, 3.63) is 29.8 Å². The number of phenolic OH excluding ortho intramolecular Hbond substituents is 1. The zero-order chi connectivity index (χ0) is 12.1. The molecule has 0 spiro atoms. The van der Waals surface area contributed by atoms with Crippen LogP contribution in [0.25, 0.3) is 0 Å². The van der Waals surface area contributed by atoms with E-state index in [0.29, 0.717) is 12.1 Å². The van der Waals surface area contributed by atoms with Crippen LogP contribution in [-0.2, 0) is 0 Å². The monoisotopic (exact) mass is 234 g/mol. The topological polar surface area (TPSA) is 61.4 Å². The van der Waals surface area contributed by atoms with Crippen LogP contribution in [0.3, 0.4) is 0 Å². The highest BCUT2D eigenvalue weighted by Crippen LogP contribution is 2.18. The standard InChI is InChI=1S/C13H18N2O2/c16-12-4-1-3-10(9-12)13(17)15-8-2-7-14-11-5-6-11/h1,3-4,9,11,14,16H,2,5-8H2,(H,15,17). The van der Waals surface area contributed by atoms with Crippen LogP contribution in [0.15, 0.2) is 24.3 Å². The van der Waals surface area contributed by atoms with Gasteiger partial charge in [0.1, 0.15) is 5.75 Å². The molecule has 0 radical (unpaired) electrons. The zero-order valence-electron chi connectivity index (χ0n) is 9.78. The second-order valence-electron chi connectivity index (χ2n) is 4.39. The lowest BCUT2D eigenvalue weighted by atomic mass is 10.2. The molecule has 1 aromatic carbocycles. The second kappa shape index (κ2) is 5.68. The van der Waals surface area contributed by atoms with Gasteiger partial charge in [0.05, 0.1) is 0 Å². The summed E-state index contributed by atoms with van der Waals surface area (Å²) in [4.78, 5) is 11.7. The van der Waals surface area contributed by atoms with E-state index in [-0.39, 0.29) is 11.7 Å². The Hall–Kier alpha value is -1.55. The molecule has 0 unspecified atom stereocenters. The molecule has 1 saturated carbocycles. The van der Waals surface area contributed by atoms with Gasteiger partial charge in [-0.15, -0.1) is 0 Å². The summed E-state index contributed by atoms with van der Waals surface area (Å²) < 4.78 is 0. The molecule has 1 aliphatic rings. The number of benzene rings is 1. The number of phenols is 1. The molecule has 0 bridgehead atoms. The summed E-state index contributed by atoms with van der Waals surface area (Å²) in [7, 11) is 0. The number of carbonyl (C=O) groups is 1. The van der Waals surface area contributed by atoms with Crippen molar-refractivity contribution >= 4 is 5.91 Å². The van der Waals surface area contributed by atoms with Crippen molar-refractivity contribution < 1.29 is 9.90 Å².